The number of nitrogens with one attached hydrogen (secondary N) is 1. The lowest BCUT2D eigenvalue weighted by molar-refractivity contribution is -0.118. The largest absolute Gasteiger partial charge is 0.368 e. The highest BCUT2D eigenvalue weighted by molar-refractivity contribution is 6.34. The molecule has 0 aliphatic carbocycles. The summed E-state index contributed by atoms with van der Waals surface area (Å²) in [4.78, 5) is 22.7. The quantitative estimate of drug-likeness (QED) is 0.862. The lowest BCUT2D eigenvalue weighted by Gasteiger charge is -2.03. The molecule has 2 rings (SSSR count). The topological polar surface area (TPSA) is 116 Å². The van der Waals surface area contributed by atoms with Crippen LogP contribution in [0.4, 0.5) is 5.69 Å². The van der Waals surface area contributed by atoms with E-state index >= 15 is 0 Å². The van der Waals surface area contributed by atoms with E-state index < -0.39 is 11.8 Å². The number of halogens is 2. The molecule has 8 nitrogen and oxygen atoms in total. The van der Waals surface area contributed by atoms with Crippen molar-refractivity contribution in [2.75, 3.05) is 5.32 Å². The fourth-order valence-electron chi connectivity index (χ4n) is 1.38. The maximum Gasteiger partial charge on any atom is 0.259 e. The number of hydrogen-bond acceptors (Lipinski definition) is 5. The van der Waals surface area contributed by atoms with E-state index in [2.05, 4.69) is 20.6 Å². The van der Waals surface area contributed by atoms with Crippen LogP contribution in [0, 0.1) is 0 Å². The molecule has 0 saturated heterocycles. The molecule has 10 heteroatoms. The molecule has 2 aromatic heterocycles. The Kier molecular flexibility index (Phi) is 4.16. The van der Waals surface area contributed by atoms with E-state index in [1.165, 1.54) is 23.1 Å². The van der Waals surface area contributed by atoms with E-state index in [9.17, 15) is 9.59 Å². The minimum atomic E-state index is -0.542. The predicted molar refractivity (Wildman–Crippen MR) is 71.4 cm³/mol. The van der Waals surface area contributed by atoms with Crippen molar-refractivity contribution in [1.29, 1.82) is 0 Å². The number of nitrogens with zero attached hydrogens (tertiary/aromatic N) is 4. The van der Waals surface area contributed by atoms with Gasteiger partial charge in [-0.3, -0.25) is 14.3 Å². The van der Waals surface area contributed by atoms with Crippen LogP contribution in [0.25, 0.3) is 0 Å². The van der Waals surface area contributed by atoms with Crippen LogP contribution < -0.4 is 11.1 Å². The third-order valence-corrected chi connectivity index (χ3v) is 2.64. The Balaban J connectivity index is 2.13. The Hall–Kier alpha value is -2.19. The highest BCUT2D eigenvalue weighted by Crippen LogP contribution is 2.17. The molecule has 0 atom stereocenters. The molecule has 0 unspecified atom stereocenters. The maximum atomic E-state index is 12.0. The zero-order valence-electron chi connectivity index (χ0n) is 9.88. The van der Waals surface area contributed by atoms with Gasteiger partial charge in [0.15, 0.2) is 10.3 Å². The first kappa shape index (κ1) is 14.2. The fraction of sp³-hybridized carbons (Fsp3) is 0.100. The summed E-state index contributed by atoms with van der Waals surface area (Å²) >= 11 is 11.4. The van der Waals surface area contributed by atoms with Crippen LogP contribution >= 0.6 is 23.2 Å². The van der Waals surface area contributed by atoms with Gasteiger partial charge in [-0.2, -0.15) is 5.10 Å². The van der Waals surface area contributed by atoms with Crippen molar-refractivity contribution >= 4 is 40.7 Å². The second-order valence-corrected chi connectivity index (χ2v) is 4.46. The average molecular weight is 315 g/mol. The molecule has 2 aromatic rings. The Labute approximate surface area is 122 Å². The standard InChI is InChI=1S/C10H8Cl2N6O2/c11-7-1-6(9(12)17-16-7)10(20)15-5-2-14-18(3-5)4-8(13)19/h1-3H,4H2,(H2,13,19)(H,15,20). The van der Waals surface area contributed by atoms with Gasteiger partial charge in [-0.05, 0) is 6.07 Å². The third kappa shape index (κ3) is 3.43. The summed E-state index contributed by atoms with van der Waals surface area (Å²) in [6.45, 7) is -0.0841. The molecule has 0 fully saturated rings. The summed E-state index contributed by atoms with van der Waals surface area (Å²) in [6, 6.07) is 1.29. The summed E-state index contributed by atoms with van der Waals surface area (Å²) in [7, 11) is 0. The maximum absolute atomic E-state index is 12.0. The summed E-state index contributed by atoms with van der Waals surface area (Å²) in [5.41, 5.74) is 5.48. The zero-order valence-corrected chi connectivity index (χ0v) is 11.4. The van der Waals surface area contributed by atoms with Gasteiger partial charge in [0.2, 0.25) is 5.91 Å². The van der Waals surface area contributed by atoms with E-state index in [1.807, 2.05) is 0 Å². The molecule has 0 saturated carbocycles. The molecule has 20 heavy (non-hydrogen) atoms. The number of rotatable bonds is 4. The second kappa shape index (κ2) is 5.85. The summed E-state index contributed by atoms with van der Waals surface area (Å²) in [6.07, 6.45) is 2.82. The van der Waals surface area contributed by atoms with Gasteiger partial charge in [-0.25, -0.2) is 0 Å². The first-order valence-corrected chi connectivity index (χ1v) is 6.02. The molecule has 0 radical (unpaired) electrons. The number of primary amides is 1. The molecule has 2 amide bonds. The average Bonchev–Trinajstić information content (AvgIpc) is 2.78. The fourth-order valence-corrected chi connectivity index (χ4v) is 1.71. The number of aromatic nitrogens is 4. The number of nitrogens with two attached hydrogens (primary N) is 1. The smallest absolute Gasteiger partial charge is 0.259 e. The second-order valence-electron chi connectivity index (χ2n) is 3.72. The third-order valence-electron chi connectivity index (χ3n) is 2.17. The molecule has 0 spiro atoms. The normalized spacial score (nSPS) is 10.3. The van der Waals surface area contributed by atoms with Crippen molar-refractivity contribution in [2.45, 2.75) is 6.54 Å². The molecular formula is C10H8Cl2N6O2. The number of amides is 2. The van der Waals surface area contributed by atoms with E-state index in [0.717, 1.165) is 0 Å². The van der Waals surface area contributed by atoms with Crippen LogP contribution in [0.5, 0.6) is 0 Å². The Morgan fingerprint density at radius 2 is 2.10 bits per heavy atom. The van der Waals surface area contributed by atoms with Gasteiger partial charge in [0.1, 0.15) is 6.54 Å². The summed E-state index contributed by atoms with van der Waals surface area (Å²) in [5, 5.41) is 13.4. The van der Waals surface area contributed by atoms with Gasteiger partial charge in [0.25, 0.3) is 5.91 Å². The first-order valence-electron chi connectivity index (χ1n) is 5.26. The minimum absolute atomic E-state index is 0.0453. The van der Waals surface area contributed by atoms with Crippen LogP contribution in [0.2, 0.25) is 10.3 Å². The number of carbonyl (C=O) groups is 2. The van der Waals surface area contributed by atoms with Crippen molar-refractivity contribution in [1.82, 2.24) is 20.0 Å². The molecule has 0 aliphatic heterocycles. The monoisotopic (exact) mass is 314 g/mol. The van der Waals surface area contributed by atoms with Crippen molar-refractivity contribution in [2.24, 2.45) is 5.73 Å². The molecule has 3 N–H and O–H groups in total. The Bertz CT molecular complexity index is 672. The Morgan fingerprint density at radius 3 is 2.80 bits per heavy atom. The van der Waals surface area contributed by atoms with Gasteiger partial charge in [0, 0.05) is 6.20 Å². The van der Waals surface area contributed by atoms with Gasteiger partial charge in [-0.15, -0.1) is 10.2 Å². The minimum Gasteiger partial charge on any atom is -0.368 e. The van der Waals surface area contributed by atoms with Crippen molar-refractivity contribution in [3.63, 3.8) is 0 Å². The van der Waals surface area contributed by atoms with Crippen molar-refractivity contribution in [3.05, 3.63) is 34.3 Å². The van der Waals surface area contributed by atoms with Crippen molar-refractivity contribution in [3.8, 4) is 0 Å². The van der Waals surface area contributed by atoms with E-state index in [4.69, 9.17) is 28.9 Å². The molecule has 2 heterocycles. The van der Waals surface area contributed by atoms with E-state index in [-0.39, 0.29) is 22.4 Å². The lowest BCUT2D eigenvalue weighted by atomic mass is 10.3. The van der Waals surface area contributed by atoms with E-state index in [0.29, 0.717) is 5.69 Å². The molecule has 0 aliphatic rings. The van der Waals surface area contributed by atoms with Crippen LogP contribution in [0.15, 0.2) is 18.5 Å². The van der Waals surface area contributed by atoms with Crippen LogP contribution in [0.3, 0.4) is 0 Å². The summed E-state index contributed by atoms with van der Waals surface area (Å²) in [5.74, 6) is -1.07. The molecule has 0 bridgehead atoms. The highest BCUT2D eigenvalue weighted by Gasteiger charge is 2.14. The number of anilines is 1. The molecule has 0 aromatic carbocycles. The summed E-state index contributed by atoms with van der Waals surface area (Å²) < 4.78 is 1.29. The van der Waals surface area contributed by atoms with Gasteiger partial charge >= 0.3 is 0 Å². The van der Waals surface area contributed by atoms with Gasteiger partial charge in [0.05, 0.1) is 17.4 Å². The predicted octanol–water partition coefficient (Wildman–Crippen LogP) is 0.717. The number of carbonyl (C=O) groups excluding carboxylic acids is 2. The lowest BCUT2D eigenvalue weighted by Crippen LogP contribution is -2.18. The Morgan fingerprint density at radius 1 is 1.35 bits per heavy atom. The van der Waals surface area contributed by atoms with Gasteiger partial charge < -0.3 is 11.1 Å². The molecule has 104 valence electrons. The van der Waals surface area contributed by atoms with Crippen molar-refractivity contribution < 1.29 is 9.59 Å². The zero-order chi connectivity index (χ0) is 14.7. The van der Waals surface area contributed by atoms with Gasteiger partial charge in [-0.1, -0.05) is 23.2 Å². The first-order chi connectivity index (χ1) is 9.45. The van der Waals surface area contributed by atoms with Crippen LogP contribution in [-0.4, -0.2) is 31.8 Å². The van der Waals surface area contributed by atoms with E-state index in [1.54, 1.807) is 0 Å². The SMILES string of the molecule is NC(=O)Cn1cc(NC(=O)c2cc(Cl)nnc2Cl)cn1. The van der Waals surface area contributed by atoms with Crippen LogP contribution in [0.1, 0.15) is 10.4 Å². The molecular weight excluding hydrogens is 307 g/mol. The number of hydrogen-bond donors (Lipinski definition) is 2. The van der Waals surface area contributed by atoms with Crippen LogP contribution in [-0.2, 0) is 11.3 Å². The highest BCUT2D eigenvalue weighted by atomic mass is 35.5.